The second-order valence-corrected chi connectivity index (χ2v) is 4.98. The van der Waals surface area contributed by atoms with Crippen LogP contribution in [0.2, 0.25) is 0 Å². The largest absolute Gasteiger partial charge is 0.394 e. The summed E-state index contributed by atoms with van der Waals surface area (Å²) in [5, 5.41) is 12.8. The maximum atomic E-state index is 9.40. The van der Waals surface area contributed by atoms with Gasteiger partial charge >= 0.3 is 0 Å². The van der Waals surface area contributed by atoms with E-state index in [4.69, 9.17) is 4.74 Å². The number of rotatable bonds is 5. The molecule has 2 N–H and O–H groups in total. The van der Waals surface area contributed by atoms with Crippen LogP contribution in [0, 0.1) is 0 Å². The van der Waals surface area contributed by atoms with E-state index in [2.05, 4.69) is 48.3 Å². The van der Waals surface area contributed by atoms with Crippen molar-refractivity contribution in [1.82, 2.24) is 5.32 Å². The molecule has 19 heavy (non-hydrogen) atoms. The predicted molar refractivity (Wildman–Crippen MR) is 77.6 cm³/mol. The third kappa shape index (κ3) is 3.47. The van der Waals surface area contributed by atoms with Crippen LogP contribution >= 0.6 is 0 Å². The van der Waals surface area contributed by atoms with Crippen LogP contribution in [-0.2, 0) is 4.74 Å². The number of aliphatic hydroxyl groups excluding tert-OH is 1. The zero-order valence-electron chi connectivity index (χ0n) is 11.8. The molecule has 0 saturated carbocycles. The van der Waals surface area contributed by atoms with Gasteiger partial charge in [-0.2, -0.15) is 0 Å². The van der Waals surface area contributed by atoms with Crippen LogP contribution in [0.1, 0.15) is 25.5 Å². The number of nitrogens with zero attached hydrogens (tertiary/aromatic N) is 1. The summed E-state index contributed by atoms with van der Waals surface area (Å²) < 4.78 is 5.41. The van der Waals surface area contributed by atoms with Crippen molar-refractivity contribution in [3.05, 3.63) is 29.8 Å². The third-order valence-electron chi connectivity index (χ3n) is 3.67. The van der Waals surface area contributed by atoms with E-state index in [9.17, 15) is 5.11 Å². The number of aliphatic hydroxyl groups is 1. The molecule has 0 spiro atoms. The highest BCUT2D eigenvalue weighted by Gasteiger charge is 2.22. The van der Waals surface area contributed by atoms with Crippen molar-refractivity contribution < 1.29 is 9.84 Å². The minimum atomic E-state index is 0.0748. The van der Waals surface area contributed by atoms with E-state index in [-0.39, 0.29) is 12.6 Å². The Labute approximate surface area is 115 Å². The van der Waals surface area contributed by atoms with Gasteiger partial charge < -0.3 is 20.1 Å². The molecule has 4 heteroatoms. The summed E-state index contributed by atoms with van der Waals surface area (Å²) in [6.45, 7) is 7.56. The summed E-state index contributed by atoms with van der Waals surface area (Å²) in [7, 11) is 0. The van der Waals surface area contributed by atoms with Crippen LogP contribution in [0.3, 0.4) is 0 Å². The molecule has 1 aliphatic rings. The standard InChI is InChI=1S/C15H24N2O2/c1-3-16-12(2)13-4-6-14(7-5-13)17-8-9-19-11-15(17)10-18/h4-7,12,15-16,18H,3,8-11H2,1-2H3. The number of ether oxygens (including phenoxy) is 1. The normalized spacial score (nSPS) is 21.4. The van der Waals surface area contributed by atoms with Crippen molar-refractivity contribution in [3.63, 3.8) is 0 Å². The molecule has 4 nitrogen and oxygen atoms in total. The maximum absolute atomic E-state index is 9.40. The van der Waals surface area contributed by atoms with Gasteiger partial charge in [0.1, 0.15) is 0 Å². The van der Waals surface area contributed by atoms with Crippen LogP contribution in [0.5, 0.6) is 0 Å². The molecule has 2 atom stereocenters. The highest BCUT2D eigenvalue weighted by Crippen LogP contribution is 2.22. The average Bonchev–Trinajstić information content (AvgIpc) is 2.47. The van der Waals surface area contributed by atoms with Gasteiger partial charge in [0.25, 0.3) is 0 Å². The molecule has 1 fully saturated rings. The van der Waals surface area contributed by atoms with Gasteiger partial charge in [0, 0.05) is 18.3 Å². The number of anilines is 1. The Balaban J connectivity index is 2.08. The van der Waals surface area contributed by atoms with Crippen LogP contribution in [0.15, 0.2) is 24.3 Å². The van der Waals surface area contributed by atoms with Crippen molar-refractivity contribution in [2.75, 3.05) is 37.8 Å². The summed E-state index contributed by atoms with van der Waals surface area (Å²) in [5.74, 6) is 0. The first-order valence-corrected chi connectivity index (χ1v) is 7.04. The molecule has 2 unspecified atom stereocenters. The van der Waals surface area contributed by atoms with Gasteiger partial charge in [0.2, 0.25) is 0 Å². The summed E-state index contributed by atoms with van der Waals surface area (Å²) >= 11 is 0. The third-order valence-corrected chi connectivity index (χ3v) is 3.67. The highest BCUT2D eigenvalue weighted by atomic mass is 16.5. The molecule has 2 rings (SSSR count). The zero-order chi connectivity index (χ0) is 13.7. The topological polar surface area (TPSA) is 44.7 Å². The molecule has 1 saturated heterocycles. The van der Waals surface area contributed by atoms with Gasteiger partial charge in [-0.3, -0.25) is 0 Å². The lowest BCUT2D eigenvalue weighted by Gasteiger charge is -2.36. The Bertz CT molecular complexity index is 380. The van der Waals surface area contributed by atoms with Gasteiger partial charge in [0.15, 0.2) is 0 Å². The quantitative estimate of drug-likeness (QED) is 0.847. The number of nitrogens with one attached hydrogen (secondary N) is 1. The minimum Gasteiger partial charge on any atom is -0.394 e. The molecular weight excluding hydrogens is 240 g/mol. The fourth-order valence-electron chi connectivity index (χ4n) is 2.52. The monoisotopic (exact) mass is 264 g/mol. The van der Waals surface area contributed by atoms with E-state index in [0.29, 0.717) is 12.6 Å². The van der Waals surface area contributed by atoms with Gasteiger partial charge in [-0.05, 0) is 31.2 Å². The van der Waals surface area contributed by atoms with E-state index in [1.807, 2.05) is 0 Å². The Kier molecular flexibility index (Phi) is 5.19. The predicted octanol–water partition coefficient (Wildman–Crippen LogP) is 1.55. The lowest BCUT2D eigenvalue weighted by Crippen LogP contribution is -2.47. The fourth-order valence-corrected chi connectivity index (χ4v) is 2.52. The average molecular weight is 264 g/mol. The highest BCUT2D eigenvalue weighted by molar-refractivity contribution is 5.49. The molecule has 0 radical (unpaired) electrons. The summed E-state index contributed by atoms with van der Waals surface area (Å²) in [4.78, 5) is 2.23. The van der Waals surface area contributed by atoms with Crippen molar-refractivity contribution in [2.45, 2.75) is 25.9 Å². The Morgan fingerprint density at radius 3 is 2.79 bits per heavy atom. The first-order valence-electron chi connectivity index (χ1n) is 7.04. The van der Waals surface area contributed by atoms with Crippen molar-refractivity contribution >= 4 is 5.69 Å². The van der Waals surface area contributed by atoms with Crippen LogP contribution in [0.25, 0.3) is 0 Å². The molecule has 1 aromatic rings. The zero-order valence-corrected chi connectivity index (χ0v) is 11.8. The number of hydrogen-bond donors (Lipinski definition) is 2. The summed E-state index contributed by atoms with van der Waals surface area (Å²) in [6.07, 6.45) is 0. The fraction of sp³-hybridized carbons (Fsp3) is 0.600. The molecule has 1 heterocycles. The number of hydrogen-bond acceptors (Lipinski definition) is 4. The molecule has 0 aliphatic carbocycles. The van der Waals surface area contributed by atoms with Crippen molar-refractivity contribution in [3.8, 4) is 0 Å². The van der Waals surface area contributed by atoms with Crippen LogP contribution in [-0.4, -0.2) is 44.1 Å². The Morgan fingerprint density at radius 1 is 1.42 bits per heavy atom. The second kappa shape index (κ2) is 6.89. The lowest BCUT2D eigenvalue weighted by atomic mass is 10.1. The smallest absolute Gasteiger partial charge is 0.0755 e. The van der Waals surface area contributed by atoms with Gasteiger partial charge in [-0.25, -0.2) is 0 Å². The summed E-state index contributed by atoms with van der Waals surface area (Å²) in [6, 6.07) is 9.04. The molecule has 1 aliphatic heterocycles. The van der Waals surface area contributed by atoms with Gasteiger partial charge in [-0.15, -0.1) is 0 Å². The number of benzene rings is 1. The first kappa shape index (κ1) is 14.3. The molecular formula is C15H24N2O2. The van der Waals surface area contributed by atoms with E-state index in [1.165, 1.54) is 5.56 Å². The second-order valence-electron chi connectivity index (χ2n) is 4.98. The van der Waals surface area contributed by atoms with Gasteiger partial charge in [-0.1, -0.05) is 19.1 Å². The van der Waals surface area contributed by atoms with E-state index in [0.717, 1.165) is 25.4 Å². The van der Waals surface area contributed by atoms with Crippen LogP contribution < -0.4 is 10.2 Å². The van der Waals surface area contributed by atoms with Crippen molar-refractivity contribution in [2.24, 2.45) is 0 Å². The molecule has 1 aromatic carbocycles. The Hall–Kier alpha value is -1.10. The molecule has 0 aromatic heterocycles. The maximum Gasteiger partial charge on any atom is 0.0755 e. The molecule has 0 bridgehead atoms. The minimum absolute atomic E-state index is 0.0748. The van der Waals surface area contributed by atoms with Crippen LogP contribution in [0.4, 0.5) is 5.69 Å². The SMILES string of the molecule is CCNC(C)c1ccc(N2CCOCC2CO)cc1. The van der Waals surface area contributed by atoms with Crippen molar-refractivity contribution in [1.29, 1.82) is 0 Å². The van der Waals surface area contributed by atoms with E-state index >= 15 is 0 Å². The number of morpholine rings is 1. The Morgan fingerprint density at radius 2 is 2.16 bits per heavy atom. The lowest BCUT2D eigenvalue weighted by molar-refractivity contribution is 0.0727. The molecule has 106 valence electrons. The summed E-state index contributed by atoms with van der Waals surface area (Å²) in [5.41, 5.74) is 2.45. The molecule has 0 amide bonds. The first-order chi connectivity index (χ1) is 9.26. The van der Waals surface area contributed by atoms with Gasteiger partial charge in [0.05, 0.1) is 25.9 Å². The van der Waals surface area contributed by atoms with E-state index < -0.39 is 0 Å². The van der Waals surface area contributed by atoms with E-state index in [1.54, 1.807) is 0 Å².